The van der Waals surface area contributed by atoms with Crippen LogP contribution in [-0.4, -0.2) is 22.2 Å². The van der Waals surface area contributed by atoms with Crippen molar-refractivity contribution in [3.05, 3.63) is 29.8 Å². The molecule has 0 aromatic heterocycles. The van der Waals surface area contributed by atoms with Crippen LogP contribution in [0.4, 0.5) is 5.69 Å². The van der Waals surface area contributed by atoms with Gasteiger partial charge in [-0.05, 0) is 17.7 Å². The predicted octanol–water partition coefficient (Wildman–Crippen LogP) is 0.563. The van der Waals surface area contributed by atoms with E-state index in [1.165, 1.54) is 19.1 Å². The highest BCUT2D eigenvalue weighted by atomic mass is 16.3. The van der Waals surface area contributed by atoms with Crippen molar-refractivity contribution in [3.8, 4) is 6.07 Å². The van der Waals surface area contributed by atoms with Crippen LogP contribution in [0.15, 0.2) is 24.3 Å². The van der Waals surface area contributed by atoms with E-state index in [0.29, 0.717) is 11.3 Å². The van der Waals surface area contributed by atoms with Crippen LogP contribution in [0.3, 0.4) is 0 Å². The molecule has 0 fully saturated rings. The second-order valence-electron chi connectivity index (χ2n) is 3.32. The number of amides is 1. The predicted molar refractivity (Wildman–Crippen MR) is 57.3 cm³/mol. The normalized spacial score (nSPS) is 13.6. The fraction of sp³-hybridized carbons (Fsp3) is 0.273. The van der Waals surface area contributed by atoms with Crippen LogP contribution < -0.4 is 5.32 Å². The molecule has 0 radical (unpaired) electrons. The number of aliphatic hydroxyl groups is 2. The van der Waals surface area contributed by atoms with E-state index in [1.54, 1.807) is 18.2 Å². The second-order valence-corrected chi connectivity index (χ2v) is 3.32. The van der Waals surface area contributed by atoms with Crippen LogP contribution in [-0.2, 0) is 4.79 Å². The summed E-state index contributed by atoms with van der Waals surface area (Å²) in [4.78, 5) is 10.7. The molecular formula is C11H12N2O3. The van der Waals surface area contributed by atoms with Gasteiger partial charge in [0.05, 0.1) is 6.07 Å². The van der Waals surface area contributed by atoms with Crippen molar-refractivity contribution < 1.29 is 15.0 Å². The molecule has 1 rings (SSSR count). The highest BCUT2D eigenvalue weighted by Crippen LogP contribution is 2.18. The van der Waals surface area contributed by atoms with Gasteiger partial charge in [-0.1, -0.05) is 12.1 Å². The van der Waals surface area contributed by atoms with Gasteiger partial charge in [0, 0.05) is 12.6 Å². The molecular weight excluding hydrogens is 208 g/mol. The molecule has 16 heavy (non-hydrogen) atoms. The van der Waals surface area contributed by atoms with Crippen LogP contribution in [0.2, 0.25) is 0 Å². The van der Waals surface area contributed by atoms with Gasteiger partial charge in [0.2, 0.25) is 5.91 Å². The summed E-state index contributed by atoms with van der Waals surface area (Å²) in [5.74, 6) is -0.189. The number of hydrogen-bond donors (Lipinski definition) is 3. The monoisotopic (exact) mass is 220 g/mol. The maximum Gasteiger partial charge on any atom is 0.221 e. The fourth-order valence-electron chi connectivity index (χ4n) is 1.22. The van der Waals surface area contributed by atoms with Crippen molar-refractivity contribution in [1.29, 1.82) is 5.26 Å². The number of rotatable bonds is 3. The number of aliphatic hydroxyl groups excluding tert-OH is 2. The minimum absolute atomic E-state index is 0.189. The van der Waals surface area contributed by atoms with Crippen molar-refractivity contribution in [2.75, 3.05) is 5.32 Å². The molecule has 0 saturated heterocycles. The Hall–Kier alpha value is -1.90. The summed E-state index contributed by atoms with van der Waals surface area (Å²) in [6, 6.07) is 7.80. The summed E-state index contributed by atoms with van der Waals surface area (Å²) in [5, 5.41) is 29.6. The zero-order valence-corrected chi connectivity index (χ0v) is 8.71. The van der Waals surface area contributed by atoms with Crippen molar-refractivity contribution in [3.63, 3.8) is 0 Å². The first-order valence-corrected chi connectivity index (χ1v) is 4.68. The smallest absolute Gasteiger partial charge is 0.221 e. The lowest BCUT2D eigenvalue weighted by molar-refractivity contribution is -0.114. The van der Waals surface area contributed by atoms with Gasteiger partial charge >= 0.3 is 0 Å². The first-order chi connectivity index (χ1) is 7.54. The summed E-state index contributed by atoms with van der Waals surface area (Å²) in [6.45, 7) is 1.39. The average molecular weight is 220 g/mol. The van der Waals surface area contributed by atoms with E-state index in [0.717, 1.165) is 0 Å². The fourth-order valence-corrected chi connectivity index (χ4v) is 1.22. The Bertz CT molecular complexity index is 408. The SMILES string of the molecule is CC(=O)Nc1ccc(C(O)C(O)C#N)cc1. The van der Waals surface area contributed by atoms with Crippen molar-refractivity contribution in [2.24, 2.45) is 0 Å². The number of benzene rings is 1. The molecule has 0 saturated carbocycles. The minimum Gasteiger partial charge on any atom is -0.385 e. The number of nitriles is 1. The number of carbonyl (C=O) groups excluding carboxylic acids is 1. The topological polar surface area (TPSA) is 93.3 Å². The zero-order valence-electron chi connectivity index (χ0n) is 8.71. The molecule has 2 unspecified atom stereocenters. The molecule has 5 nitrogen and oxygen atoms in total. The lowest BCUT2D eigenvalue weighted by Gasteiger charge is -2.12. The molecule has 3 N–H and O–H groups in total. The number of anilines is 1. The van der Waals surface area contributed by atoms with E-state index in [4.69, 9.17) is 10.4 Å². The van der Waals surface area contributed by atoms with Gasteiger partial charge in [-0.25, -0.2) is 0 Å². The zero-order chi connectivity index (χ0) is 12.1. The van der Waals surface area contributed by atoms with E-state index in [1.807, 2.05) is 0 Å². The van der Waals surface area contributed by atoms with Crippen LogP contribution in [0, 0.1) is 11.3 Å². The number of carbonyl (C=O) groups is 1. The van der Waals surface area contributed by atoms with E-state index >= 15 is 0 Å². The Kier molecular flexibility index (Phi) is 4.00. The Morgan fingerprint density at radius 1 is 1.38 bits per heavy atom. The van der Waals surface area contributed by atoms with E-state index in [9.17, 15) is 9.90 Å². The summed E-state index contributed by atoms with van der Waals surface area (Å²) >= 11 is 0. The average Bonchev–Trinajstić information content (AvgIpc) is 2.27. The molecule has 0 spiro atoms. The van der Waals surface area contributed by atoms with Gasteiger partial charge in [0.25, 0.3) is 0 Å². The van der Waals surface area contributed by atoms with Gasteiger partial charge in [-0.15, -0.1) is 0 Å². The molecule has 5 heteroatoms. The number of hydrogen-bond acceptors (Lipinski definition) is 4. The Balaban J connectivity index is 2.79. The van der Waals surface area contributed by atoms with Gasteiger partial charge in [0.1, 0.15) is 6.10 Å². The first kappa shape index (κ1) is 12.2. The Morgan fingerprint density at radius 3 is 2.38 bits per heavy atom. The van der Waals surface area contributed by atoms with Gasteiger partial charge < -0.3 is 15.5 Å². The number of nitrogens with one attached hydrogen (secondary N) is 1. The van der Waals surface area contributed by atoms with E-state index < -0.39 is 12.2 Å². The maximum absolute atomic E-state index is 10.7. The standard InChI is InChI=1S/C11H12N2O3/c1-7(14)13-9-4-2-8(3-5-9)11(16)10(15)6-12/h2-5,10-11,15-16H,1H3,(H,13,14). The molecule has 0 aliphatic carbocycles. The van der Waals surface area contributed by atoms with Crippen LogP contribution in [0.5, 0.6) is 0 Å². The van der Waals surface area contributed by atoms with E-state index in [2.05, 4.69) is 5.32 Å². The molecule has 0 bridgehead atoms. The van der Waals surface area contributed by atoms with Crippen LogP contribution in [0.1, 0.15) is 18.6 Å². The van der Waals surface area contributed by atoms with Crippen LogP contribution in [0.25, 0.3) is 0 Å². The lowest BCUT2D eigenvalue weighted by Crippen LogP contribution is -2.15. The van der Waals surface area contributed by atoms with Gasteiger partial charge in [-0.3, -0.25) is 4.79 Å². The summed E-state index contributed by atoms with van der Waals surface area (Å²) in [5.41, 5.74) is 1.01. The molecule has 84 valence electrons. The molecule has 0 aliphatic heterocycles. The second kappa shape index (κ2) is 5.26. The third-order valence-corrected chi connectivity index (χ3v) is 2.00. The largest absolute Gasteiger partial charge is 0.385 e. The Labute approximate surface area is 92.9 Å². The number of nitrogens with zero attached hydrogens (tertiary/aromatic N) is 1. The quantitative estimate of drug-likeness (QED) is 0.649. The van der Waals surface area contributed by atoms with Crippen molar-refractivity contribution >= 4 is 11.6 Å². The molecule has 0 aliphatic rings. The summed E-state index contributed by atoms with van der Waals surface area (Å²) < 4.78 is 0. The van der Waals surface area contributed by atoms with Crippen molar-refractivity contribution in [2.45, 2.75) is 19.1 Å². The minimum atomic E-state index is -1.45. The van der Waals surface area contributed by atoms with Crippen molar-refractivity contribution in [1.82, 2.24) is 0 Å². The third-order valence-electron chi connectivity index (χ3n) is 2.00. The highest BCUT2D eigenvalue weighted by molar-refractivity contribution is 5.88. The third kappa shape index (κ3) is 3.05. The Morgan fingerprint density at radius 2 is 1.94 bits per heavy atom. The molecule has 0 heterocycles. The lowest BCUT2D eigenvalue weighted by atomic mass is 10.1. The highest BCUT2D eigenvalue weighted by Gasteiger charge is 2.17. The molecule has 1 aromatic rings. The maximum atomic E-state index is 10.7. The van der Waals surface area contributed by atoms with Gasteiger partial charge in [0.15, 0.2) is 6.10 Å². The van der Waals surface area contributed by atoms with Crippen LogP contribution >= 0.6 is 0 Å². The molecule has 1 amide bonds. The summed E-state index contributed by atoms with van der Waals surface area (Å²) in [6.07, 6.45) is -2.69. The first-order valence-electron chi connectivity index (χ1n) is 4.68. The molecule has 1 aromatic carbocycles. The van der Waals surface area contributed by atoms with Gasteiger partial charge in [-0.2, -0.15) is 5.26 Å². The summed E-state index contributed by atoms with van der Waals surface area (Å²) in [7, 11) is 0. The molecule has 2 atom stereocenters. The van der Waals surface area contributed by atoms with E-state index in [-0.39, 0.29) is 5.91 Å².